The van der Waals surface area contributed by atoms with Crippen molar-refractivity contribution in [2.45, 2.75) is 38.8 Å². The fourth-order valence-corrected chi connectivity index (χ4v) is 5.40. The smallest absolute Gasteiger partial charge is 0.303 e. The molecule has 1 unspecified atom stereocenters. The van der Waals surface area contributed by atoms with Crippen molar-refractivity contribution in [1.82, 2.24) is 19.4 Å². The van der Waals surface area contributed by atoms with Crippen molar-refractivity contribution in [2.24, 2.45) is 5.92 Å². The number of hydrogen-bond acceptors (Lipinski definition) is 4. The molecule has 0 saturated carbocycles. The summed E-state index contributed by atoms with van der Waals surface area (Å²) in [5.41, 5.74) is 4.02. The number of rotatable bonds is 7. The SMILES string of the molecule is O=C(O)CC1CCN(CCC(=O)N2CCc3c(n(Cc4cccc(F)c4)c4ncccc34)C2)C1. The molecule has 1 fully saturated rings. The maximum Gasteiger partial charge on any atom is 0.303 e. The average molecular weight is 465 g/mol. The summed E-state index contributed by atoms with van der Waals surface area (Å²) < 4.78 is 15.9. The van der Waals surface area contributed by atoms with Crippen LogP contribution in [0.1, 0.15) is 36.1 Å². The van der Waals surface area contributed by atoms with Gasteiger partial charge >= 0.3 is 5.97 Å². The van der Waals surface area contributed by atoms with Gasteiger partial charge in [0, 0.05) is 56.3 Å². The third-order valence-corrected chi connectivity index (χ3v) is 7.07. The molecule has 0 radical (unpaired) electrons. The molecule has 1 amide bonds. The number of pyridine rings is 1. The molecule has 2 aliphatic heterocycles. The Bertz CT molecular complexity index is 1220. The summed E-state index contributed by atoms with van der Waals surface area (Å²) in [5, 5.41) is 10.1. The number of fused-ring (bicyclic) bond motifs is 3. The van der Waals surface area contributed by atoms with Crippen LogP contribution >= 0.6 is 0 Å². The van der Waals surface area contributed by atoms with Gasteiger partial charge in [0.05, 0.1) is 6.54 Å². The summed E-state index contributed by atoms with van der Waals surface area (Å²) in [6.07, 6.45) is 4.04. The average Bonchev–Trinajstić information content (AvgIpc) is 3.39. The number of carboxylic acid groups (broad SMARTS) is 1. The summed E-state index contributed by atoms with van der Waals surface area (Å²) >= 11 is 0. The second-order valence-corrected chi connectivity index (χ2v) is 9.38. The Morgan fingerprint density at radius 3 is 2.88 bits per heavy atom. The standard InChI is InChI=1S/C26H29FN4O3/c27-20-4-1-3-18(13-20)16-31-23-17-30(12-7-21(23)22-5-2-9-28-26(22)31)24(32)8-11-29-10-6-19(15-29)14-25(33)34/h1-5,9,13,19H,6-8,10-12,14-17H2,(H,33,34). The van der Waals surface area contributed by atoms with Crippen LogP contribution in [0.15, 0.2) is 42.6 Å². The predicted molar refractivity (Wildman–Crippen MR) is 126 cm³/mol. The first-order valence-corrected chi connectivity index (χ1v) is 11.9. The van der Waals surface area contributed by atoms with Gasteiger partial charge in [0.1, 0.15) is 11.5 Å². The van der Waals surface area contributed by atoms with Crippen molar-refractivity contribution >= 4 is 22.9 Å². The van der Waals surface area contributed by atoms with Crippen LogP contribution in [0.2, 0.25) is 0 Å². The number of hydrogen-bond donors (Lipinski definition) is 1. The van der Waals surface area contributed by atoms with Crippen LogP contribution in [-0.4, -0.2) is 62.5 Å². The Morgan fingerprint density at radius 1 is 1.18 bits per heavy atom. The molecule has 4 heterocycles. The van der Waals surface area contributed by atoms with Gasteiger partial charge in [-0.25, -0.2) is 9.37 Å². The lowest BCUT2D eigenvalue weighted by molar-refractivity contribution is -0.138. The van der Waals surface area contributed by atoms with Gasteiger partial charge in [-0.1, -0.05) is 12.1 Å². The molecule has 2 aromatic heterocycles. The largest absolute Gasteiger partial charge is 0.481 e. The highest BCUT2D eigenvalue weighted by Crippen LogP contribution is 2.31. The monoisotopic (exact) mass is 464 g/mol. The third kappa shape index (κ3) is 4.68. The minimum atomic E-state index is -0.754. The minimum absolute atomic E-state index is 0.114. The van der Waals surface area contributed by atoms with Crippen molar-refractivity contribution in [2.75, 3.05) is 26.2 Å². The molecule has 1 aromatic carbocycles. The van der Waals surface area contributed by atoms with Crippen molar-refractivity contribution < 1.29 is 19.1 Å². The Kier molecular flexibility index (Phi) is 6.32. The van der Waals surface area contributed by atoms with E-state index in [-0.39, 0.29) is 24.1 Å². The first kappa shape index (κ1) is 22.5. The number of amides is 1. The number of carbonyl (C=O) groups is 2. The highest BCUT2D eigenvalue weighted by Gasteiger charge is 2.29. The Balaban J connectivity index is 1.30. The van der Waals surface area contributed by atoms with Crippen LogP contribution in [0.4, 0.5) is 4.39 Å². The number of nitrogens with zero attached hydrogens (tertiary/aromatic N) is 4. The highest BCUT2D eigenvalue weighted by molar-refractivity contribution is 5.84. The summed E-state index contributed by atoms with van der Waals surface area (Å²) in [7, 11) is 0. The van der Waals surface area contributed by atoms with E-state index in [4.69, 9.17) is 5.11 Å². The van der Waals surface area contributed by atoms with E-state index in [1.807, 2.05) is 17.0 Å². The number of aliphatic carboxylic acids is 1. The van der Waals surface area contributed by atoms with Crippen LogP contribution in [0.5, 0.6) is 0 Å². The topological polar surface area (TPSA) is 78.7 Å². The van der Waals surface area contributed by atoms with Gasteiger partial charge in [-0.2, -0.15) is 0 Å². The van der Waals surface area contributed by atoms with E-state index in [1.54, 1.807) is 18.3 Å². The van der Waals surface area contributed by atoms with Gasteiger partial charge in [-0.05, 0) is 60.7 Å². The summed E-state index contributed by atoms with van der Waals surface area (Å²) in [4.78, 5) is 32.8. The third-order valence-electron chi connectivity index (χ3n) is 7.07. The van der Waals surface area contributed by atoms with Gasteiger partial charge in [0.2, 0.25) is 5.91 Å². The lowest BCUT2D eigenvalue weighted by Gasteiger charge is -2.29. The summed E-state index contributed by atoms with van der Waals surface area (Å²) in [6, 6.07) is 10.6. The lowest BCUT2D eigenvalue weighted by atomic mass is 10.0. The number of halogens is 1. The number of benzene rings is 1. The molecular weight excluding hydrogens is 435 g/mol. The zero-order valence-corrected chi connectivity index (χ0v) is 19.1. The molecule has 0 bridgehead atoms. The number of aromatic nitrogens is 2. The van der Waals surface area contributed by atoms with Gasteiger partial charge in [-0.3, -0.25) is 9.59 Å². The van der Waals surface area contributed by atoms with E-state index >= 15 is 0 Å². The van der Waals surface area contributed by atoms with Crippen LogP contribution in [0.3, 0.4) is 0 Å². The molecule has 5 rings (SSSR count). The highest BCUT2D eigenvalue weighted by atomic mass is 19.1. The quantitative estimate of drug-likeness (QED) is 0.581. The first-order valence-electron chi connectivity index (χ1n) is 11.9. The van der Waals surface area contributed by atoms with E-state index in [0.29, 0.717) is 32.6 Å². The number of carboxylic acids is 1. The molecule has 1 atom stereocenters. The minimum Gasteiger partial charge on any atom is -0.481 e. The fraction of sp³-hybridized carbons (Fsp3) is 0.423. The molecular formula is C26H29FN4O3. The zero-order chi connectivity index (χ0) is 23.7. The van der Waals surface area contributed by atoms with Crippen molar-refractivity contribution in [3.05, 3.63) is 65.2 Å². The van der Waals surface area contributed by atoms with Crippen molar-refractivity contribution in [3.63, 3.8) is 0 Å². The summed E-state index contributed by atoms with van der Waals surface area (Å²) in [6.45, 7) is 3.94. The second kappa shape index (κ2) is 9.54. The fourth-order valence-electron chi connectivity index (χ4n) is 5.40. The van der Waals surface area contributed by atoms with E-state index in [1.165, 1.54) is 11.6 Å². The van der Waals surface area contributed by atoms with Crippen LogP contribution < -0.4 is 0 Å². The lowest BCUT2D eigenvalue weighted by Crippen LogP contribution is -2.38. The Hall–Kier alpha value is -3.26. The second-order valence-electron chi connectivity index (χ2n) is 9.38. The Labute approximate surface area is 197 Å². The van der Waals surface area contributed by atoms with Gasteiger partial charge in [0.25, 0.3) is 0 Å². The molecule has 8 heteroatoms. The van der Waals surface area contributed by atoms with E-state index < -0.39 is 5.97 Å². The maximum atomic E-state index is 13.8. The Morgan fingerprint density at radius 2 is 2.06 bits per heavy atom. The molecule has 7 nitrogen and oxygen atoms in total. The van der Waals surface area contributed by atoms with Crippen LogP contribution in [-0.2, 0) is 29.1 Å². The van der Waals surface area contributed by atoms with Gasteiger partial charge in [0.15, 0.2) is 0 Å². The van der Waals surface area contributed by atoms with E-state index in [9.17, 15) is 14.0 Å². The maximum absolute atomic E-state index is 13.8. The van der Waals surface area contributed by atoms with Crippen molar-refractivity contribution in [3.8, 4) is 0 Å². The van der Waals surface area contributed by atoms with E-state index in [0.717, 1.165) is 48.2 Å². The number of likely N-dealkylation sites (tertiary alicyclic amines) is 1. The molecule has 178 valence electrons. The normalized spacial score (nSPS) is 18.4. The van der Waals surface area contributed by atoms with Crippen LogP contribution in [0, 0.1) is 11.7 Å². The molecule has 0 aliphatic carbocycles. The first-order chi connectivity index (χ1) is 16.5. The molecule has 0 spiro atoms. The molecule has 2 aliphatic rings. The van der Waals surface area contributed by atoms with Gasteiger partial charge < -0.3 is 19.5 Å². The molecule has 34 heavy (non-hydrogen) atoms. The zero-order valence-electron chi connectivity index (χ0n) is 19.1. The van der Waals surface area contributed by atoms with Gasteiger partial charge in [-0.15, -0.1) is 0 Å². The van der Waals surface area contributed by atoms with E-state index in [2.05, 4.69) is 20.5 Å². The predicted octanol–water partition coefficient (Wildman–Crippen LogP) is 3.30. The molecule has 1 saturated heterocycles. The summed E-state index contributed by atoms with van der Waals surface area (Å²) in [5.74, 6) is -0.728. The van der Waals surface area contributed by atoms with Crippen molar-refractivity contribution in [1.29, 1.82) is 0 Å². The van der Waals surface area contributed by atoms with Crippen LogP contribution in [0.25, 0.3) is 11.0 Å². The molecule has 3 aromatic rings. The molecule has 1 N–H and O–H groups in total. The number of carbonyl (C=O) groups excluding carboxylic acids is 1.